The summed E-state index contributed by atoms with van der Waals surface area (Å²) in [6.45, 7) is 2.24. The van der Waals surface area contributed by atoms with Crippen molar-refractivity contribution in [3.63, 3.8) is 0 Å². The molecule has 4 heteroatoms. The Morgan fingerprint density at radius 1 is 1.50 bits per heavy atom. The molecule has 0 radical (unpaired) electrons. The topological polar surface area (TPSA) is 24.8 Å². The van der Waals surface area contributed by atoms with Crippen LogP contribution in [0.3, 0.4) is 0 Å². The van der Waals surface area contributed by atoms with E-state index in [1.54, 1.807) is 0 Å². The van der Waals surface area contributed by atoms with Gasteiger partial charge in [0, 0.05) is 32.4 Å². The Labute approximate surface area is 80.9 Å². The number of hydrogen-bond donors (Lipinski definition) is 0. The number of likely N-dealkylation sites (tertiary alicyclic amines) is 1. The zero-order valence-corrected chi connectivity index (χ0v) is 8.80. The predicted octanol–water partition coefficient (Wildman–Crippen LogP) is 1.58. The van der Waals surface area contributed by atoms with Gasteiger partial charge in [-0.05, 0) is 23.0 Å². The minimum Gasteiger partial charge on any atom is -0.388 e. The largest absolute Gasteiger partial charge is 0.388 e. The molecular formula is C8H13BrN2O. The number of piperidine rings is 1. The number of hydrogen-bond acceptors (Lipinski definition) is 3. The van der Waals surface area contributed by atoms with Crippen molar-refractivity contribution < 1.29 is 4.84 Å². The highest BCUT2D eigenvalue weighted by Gasteiger charge is 2.40. The van der Waals surface area contributed by atoms with E-state index in [0.717, 1.165) is 37.0 Å². The molecule has 1 spiro atoms. The van der Waals surface area contributed by atoms with E-state index in [1.165, 1.54) is 0 Å². The molecule has 0 atom stereocenters. The van der Waals surface area contributed by atoms with Crippen molar-refractivity contribution in [1.29, 1.82) is 0 Å². The van der Waals surface area contributed by atoms with Gasteiger partial charge in [-0.2, -0.15) is 0 Å². The SMILES string of the molecule is CN1CCC2(CC1)CC(Br)=NO2. The molecule has 2 aliphatic heterocycles. The maximum Gasteiger partial charge on any atom is 0.146 e. The summed E-state index contributed by atoms with van der Waals surface area (Å²) in [5.41, 5.74) is 0.0331. The van der Waals surface area contributed by atoms with Crippen LogP contribution in [0.2, 0.25) is 0 Å². The Bertz CT molecular complexity index is 209. The summed E-state index contributed by atoms with van der Waals surface area (Å²) in [7, 11) is 2.15. The lowest BCUT2D eigenvalue weighted by atomic mass is 9.89. The second kappa shape index (κ2) is 3.00. The summed E-state index contributed by atoms with van der Waals surface area (Å²) in [5.74, 6) is 0. The van der Waals surface area contributed by atoms with Gasteiger partial charge in [-0.15, -0.1) is 0 Å². The van der Waals surface area contributed by atoms with Gasteiger partial charge >= 0.3 is 0 Å². The van der Waals surface area contributed by atoms with Gasteiger partial charge in [0.05, 0.1) is 0 Å². The molecule has 0 amide bonds. The lowest BCUT2D eigenvalue weighted by Gasteiger charge is -2.35. The van der Waals surface area contributed by atoms with Crippen LogP contribution >= 0.6 is 15.9 Å². The second-order valence-corrected chi connectivity index (χ2v) is 4.64. The number of nitrogens with zero attached hydrogens (tertiary/aromatic N) is 2. The van der Waals surface area contributed by atoms with Crippen LogP contribution in [0.25, 0.3) is 0 Å². The fourth-order valence-electron chi connectivity index (χ4n) is 1.77. The van der Waals surface area contributed by atoms with E-state index in [9.17, 15) is 0 Å². The fraction of sp³-hybridized carbons (Fsp3) is 0.875. The van der Waals surface area contributed by atoms with Crippen molar-refractivity contribution >= 4 is 20.6 Å². The third kappa shape index (κ3) is 1.50. The molecule has 0 aromatic heterocycles. The zero-order chi connectivity index (χ0) is 8.60. The van der Waals surface area contributed by atoms with E-state index < -0.39 is 0 Å². The second-order valence-electron chi connectivity index (χ2n) is 3.72. The van der Waals surface area contributed by atoms with Crippen LogP contribution in [0.4, 0.5) is 0 Å². The summed E-state index contributed by atoms with van der Waals surface area (Å²) < 4.78 is 0.965. The molecule has 2 aliphatic rings. The van der Waals surface area contributed by atoms with Crippen LogP contribution in [0.1, 0.15) is 19.3 Å². The van der Waals surface area contributed by atoms with E-state index in [1.807, 2.05) is 0 Å². The third-order valence-corrected chi connectivity index (χ3v) is 3.13. The molecule has 2 heterocycles. The van der Waals surface area contributed by atoms with Crippen molar-refractivity contribution in [2.45, 2.75) is 24.9 Å². The standard InChI is InChI=1S/C8H13BrN2O/c1-11-4-2-8(3-5-11)6-7(9)10-12-8/h2-6H2,1H3. The highest BCUT2D eigenvalue weighted by molar-refractivity contribution is 9.18. The minimum absolute atomic E-state index is 0.0331. The first-order valence-electron chi connectivity index (χ1n) is 4.29. The average molecular weight is 233 g/mol. The van der Waals surface area contributed by atoms with Crippen molar-refractivity contribution in [2.75, 3.05) is 20.1 Å². The van der Waals surface area contributed by atoms with Gasteiger partial charge in [0.15, 0.2) is 0 Å². The maximum absolute atomic E-state index is 5.46. The van der Waals surface area contributed by atoms with Gasteiger partial charge in [0.25, 0.3) is 0 Å². The van der Waals surface area contributed by atoms with Crippen molar-refractivity contribution in [1.82, 2.24) is 4.90 Å². The molecular weight excluding hydrogens is 220 g/mol. The van der Waals surface area contributed by atoms with Crippen LogP contribution in [0.15, 0.2) is 5.16 Å². The molecule has 68 valence electrons. The van der Waals surface area contributed by atoms with E-state index >= 15 is 0 Å². The molecule has 0 saturated carbocycles. The summed E-state index contributed by atoms with van der Waals surface area (Å²) in [6, 6.07) is 0. The van der Waals surface area contributed by atoms with E-state index in [4.69, 9.17) is 4.84 Å². The first-order chi connectivity index (χ1) is 5.70. The van der Waals surface area contributed by atoms with Gasteiger partial charge in [-0.3, -0.25) is 0 Å². The molecule has 0 unspecified atom stereocenters. The van der Waals surface area contributed by atoms with Gasteiger partial charge in [0.2, 0.25) is 0 Å². The van der Waals surface area contributed by atoms with Gasteiger partial charge in [-0.1, -0.05) is 5.16 Å². The van der Waals surface area contributed by atoms with Crippen LogP contribution in [-0.4, -0.2) is 35.3 Å². The number of oxime groups is 1. The molecule has 0 N–H and O–H groups in total. The minimum atomic E-state index is 0.0331. The summed E-state index contributed by atoms with van der Waals surface area (Å²) in [4.78, 5) is 7.79. The maximum atomic E-state index is 5.46. The average Bonchev–Trinajstić information content (AvgIpc) is 2.40. The van der Waals surface area contributed by atoms with Gasteiger partial charge < -0.3 is 9.74 Å². The molecule has 12 heavy (non-hydrogen) atoms. The van der Waals surface area contributed by atoms with Crippen molar-refractivity contribution in [3.8, 4) is 0 Å². The number of rotatable bonds is 0. The fourth-order valence-corrected chi connectivity index (χ4v) is 2.35. The Kier molecular flexibility index (Phi) is 2.12. The smallest absolute Gasteiger partial charge is 0.146 e. The van der Waals surface area contributed by atoms with E-state index in [0.29, 0.717) is 0 Å². The monoisotopic (exact) mass is 232 g/mol. The van der Waals surface area contributed by atoms with Gasteiger partial charge in [-0.25, -0.2) is 0 Å². The molecule has 0 aliphatic carbocycles. The molecule has 2 rings (SSSR count). The normalized spacial score (nSPS) is 28.7. The van der Waals surface area contributed by atoms with Crippen LogP contribution in [0.5, 0.6) is 0 Å². The Hall–Kier alpha value is -0.0900. The summed E-state index contributed by atoms with van der Waals surface area (Å²) in [6.07, 6.45) is 3.16. The van der Waals surface area contributed by atoms with E-state index in [-0.39, 0.29) is 5.60 Å². The Morgan fingerprint density at radius 3 is 2.67 bits per heavy atom. The van der Waals surface area contributed by atoms with Gasteiger partial charge in [0.1, 0.15) is 10.2 Å². The van der Waals surface area contributed by atoms with Crippen molar-refractivity contribution in [3.05, 3.63) is 0 Å². The quantitative estimate of drug-likeness (QED) is 0.634. The first kappa shape index (κ1) is 8.51. The Balaban J connectivity index is 1.97. The molecule has 1 fully saturated rings. The van der Waals surface area contributed by atoms with Crippen LogP contribution in [-0.2, 0) is 4.84 Å². The molecule has 3 nitrogen and oxygen atoms in total. The Morgan fingerprint density at radius 2 is 2.17 bits per heavy atom. The molecule has 0 aromatic carbocycles. The summed E-state index contributed by atoms with van der Waals surface area (Å²) in [5, 5.41) is 3.95. The highest BCUT2D eigenvalue weighted by Crippen LogP contribution is 2.35. The van der Waals surface area contributed by atoms with E-state index in [2.05, 4.69) is 33.0 Å². The molecule has 0 bridgehead atoms. The number of halogens is 1. The molecule has 0 aromatic rings. The van der Waals surface area contributed by atoms with Crippen LogP contribution in [0, 0.1) is 0 Å². The highest BCUT2D eigenvalue weighted by atomic mass is 79.9. The van der Waals surface area contributed by atoms with Crippen molar-refractivity contribution in [2.24, 2.45) is 5.16 Å². The third-order valence-electron chi connectivity index (χ3n) is 2.70. The summed E-state index contributed by atoms with van der Waals surface area (Å²) >= 11 is 3.38. The predicted molar refractivity (Wildman–Crippen MR) is 51.5 cm³/mol. The first-order valence-corrected chi connectivity index (χ1v) is 5.09. The van der Waals surface area contributed by atoms with Crippen LogP contribution < -0.4 is 0 Å². The molecule has 1 saturated heterocycles. The lowest BCUT2D eigenvalue weighted by Crippen LogP contribution is -2.42. The zero-order valence-electron chi connectivity index (χ0n) is 7.22. The lowest BCUT2D eigenvalue weighted by molar-refractivity contribution is -0.0578.